The summed E-state index contributed by atoms with van der Waals surface area (Å²) in [4.78, 5) is 1.47. The van der Waals surface area contributed by atoms with Crippen molar-refractivity contribution < 1.29 is 0 Å². The van der Waals surface area contributed by atoms with Crippen molar-refractivity contribution in [1.82, 2.24) is 0 Å². The maximum atomic E-state index is 6.30. The van der Waals surface area contributed by atoms with Gasteiger partial charge < -0.3 is 0 Å². The first-order chi connectivity index (χ1) is 7.29. The third-order valence-corrected chi connectivity index (χ3v) is 10.7. The van der Waals surface area contributed by atoms with Crippen LogP contribution < -0.4 is 0 Å². The zero-order valence-electron chi connectivity index (χ0n) is 11.5. The summed E-state index contributed by atoms with van der Waals surface area (Å²) in [6.07, 6.45) is 3.52. The highest BCUT2D eigenvalue weighted by atomic mass is 35.7. The molecule has 16 heavy (non-hydrogen) atoms. The number of halogens is 2. The van der Waals surface area contributed by atoms with Gasteiger partial charge in [0.25, 0.3) is 7.42 Å². The quantitative estimate of drug-likeness (QED) is 0.469. The summed E-state index contributed by atoms with van der Waals surface area (Å²) < 4.78 is 0. The van der Waals surface area contributed by atoms with Crippen molar-refractivity contribution in [3.05, 3.63) is 10.3 Å². The molecule has 0 heterocycles. The molecule has 0 N–H and O–H groups in total. The summed E-state index contributed by atoms with van der Waals surface area (Å²) >= 11 is 12.6. The summed E-state index contributed by atoms with van der Waals surface area (Å²) in [6.45, 7) is 14.5. The Kier molecular flexibility index (Phi) is 7.67. The van der Waals surface area contributed by atoms with Crippen LogP contribution in [0, 0.1) is 0 Å². The molecule has 5 heteroatoms. The molecule has 0 amide bonds. The van der Waals surface area contributed by atoms with E-state index in [1.54, 1.807) is 5.47 Å². The molecular formula is C11H24BCl2Si2. The Morgan fingerprint density at radius 3 is 1.69 bits per heavy atom. The van der Waals surface area contributed by atoms with Crippen molar-refractivity contribution >= 4 is 44.4 Å². The van der Waals surface area contributed by atoms with Gasteiger partial charge in [0.2, 0.25) is 0 Å². The van der Waals surface area contributed by atoms with Crippen molar-refractivity contribution in [2.24, 2.45) is 0 Å². The summed E-state index contributed by atoms with van der Waals surface area (Å²) in [5.74, 6) is 0. The molecule has 0 atom stereocenters. The summed E-state index contributed by atoms with van der Waals surface area (Å²) in [5.41, 5.74) is 1.57. The Morgan fingerprint density at radius 1 is 1.06 bits per heavy atom. The molecule has 0 aliphatic heterocycles. The van der Waals surface area contributed by atoms with Gasteiger partial charge in [0.15, 0.2) is 6.71 Å². The summed E-state index contributed by atoms with van der Waals surface area (Å²) in [6, 6.07) is 0. The number of rotatable bonds is 6. The van der Waals surface area contributed by atoms with E-state index in [1.807, 2.05) is 0 Å². The van der Waals surface area contributed by atoms with Gasteiger partial charge in [-0.1, -0.05) is 57.9 Å². The highest BCUT2D eigenvalue weighted by molar-refractivity contribution is 7.41. The van der Waals surface area contributed by atoms with E-state index in [0.29, 0.717) is 6.71 Å². The van der Waals surface area contributed by atoms with Crippen molar-refractivity contribution in [2.45, 2.75) is 59.5 Å². The summed E-state index contributed by atoms with van der Waals surface area (Å²) in [5, 5.41) is 0. The van der Waals surface area contributed by atoms with Crippen LogP contribution in [0.1, 0.15) is 27.2 Å². The molecule has 0 aliphatic rings. The molecule has 0 aromatic rings. The molecule has 0 bridgehead atoms. The molecule has 0 saturated carbocycles. The molecule has 0 aliphatic carbocycles. The zero-order chi connectivity index (χ0) is 12.9. The predicted octanol–water partition coefficient (Wildman–Crippen LogP) is 5.15. The standard InChI is InChI=1S/C11H24BCl2Si2/c1-7-10(12(8-2)9-3)11(15(13)14)16(4,5)6/h7-9H2,1-6H3/b11-10+. The topological polar surface area (TPSA) is 0 Å². The second kappa shape index (κ2) is 7.30. The molecule has 0 fully saturated rings. The Morgan fingerprint density at radius 2 is 1.50 bits per heavy atom. The lowest BCUT2D eigenvalue weighted by atomic mass is 9.40. The molecule has 1 radical (unpaired) electrons. The van der Waals surface area contributed by atoms with Gasteiger partial charge in [0.05, 0.1) is 8.07 Å². The van der Waals surface area contributed by atoms with Crippen LogP contribution in [-0.4, -0.2) is 22.2 Å². The van der Waals surface area contributed by atoms with Crippen LogP contribution in [-0.2, 0) is 0 Å². The Labute approximate surface area is 114 Å². The van der Waals surface area contributed by atoms with E-state index in [1.165, 1.54) is 17.5 Å². The third kappa shape index (κ3) is 4.59. The van der Waals surface area contributed by atoms with Crippen LogP contribution in [0.5, 0.6) is 0 Å². The van der Waals surface area contributed by atoms with Crippen molar-refractivity contribution in [1.29, 1.82) is 0 Å². The average Bonchev–Trinajstić information content (AvgIpc) is 2.15. The van der Waals surface area contributed by atoms with Gasteiger partial charge in [-0.3, -0.25) is 0 Å². The smallest absolute Gasteiger partial charge is 0.141 e. The highest BCUT2D eigenvalue weighted by Crippen LogP contribution is 2.30. The fourth-order valence-corrected chi connectivity index (χ4v) is 12.4. The molecule has 0 aromatic carbocycles. The van der Waals surface area contributed by atoms with E-state index < -0.39 is 15.5 Å². The number of hydrogen-bond donors (Lipinski definition) is 0. The van der Waals surface area contributed by atoms with E-state index in [4.69, 9.17) is 22.2 Å². The van der Waals surface area contributed by atoms with Crippen LogP contribution in [0.2, 0.25) is 32.3 Å². The minimum atomic E-state index is -1.37. The van der Waals surface area contributed by atoms with Gasteiger partial charge in [-0.2, -0.15) is 0 Å². The number of hydrogen-bond acceptors (Lipinski definition) is 0. The molecule has 0 aromatic heterocycles. The Balaban J connectivity index is 5.50. The largest absolute Gasteiger partial charge is 0.298 e. The first-order valence-electron chi connectivity index (χ1n) is 6.21. The molecule has 0 spiro atoms. The second-order valence-electron chi connectivity index (χ2n) is 5.28. The Hall–Kier alpha value is 0.819. The first-order valence-corrected chi connectivity index (χ1v) is 13.2. The fraction of sp³-hybridized carbons (Fsp3) is 0.818. The van der Waals surface area contributed by atoms with Crippen LogP contribution in [0.15, 0.2) is 10.3 Å². The van der Waals surface area contributed by atoms with Crippen LogP contribution in [0.25, 0.3) is 0 Å². The van der Waals surface area contributed by atoms with E-state index in [0.717, 1.165) is 6.42 Å². The maximum absolute atomic E-state index is 6.30. The minimum absolute atomic E-state index is 0.684. The first kappa shape index (κ1) is 16.8. The van der Waals surface area contributed by atoms with Gasteiger partial charge >= 0.3 is 0 Å². The normalized spacial score (nSPS) is 14.1. The lowest BCUT2D eigenvalue weighted by molar-refractivity contribution is 1.15. The van der Waals surface area contributed by atoms with Gasteiger partial charge in [0.1, 0.15) is 0 Å². The van der Waals surface area contributed by atoms with E-state index in [9.17, 15) is 0 Å². The molecule has 0 nitrogen and oxygen atoms in total. The average molecular weight is 294 g/mol. The van der Waals surface area contributed by atoms with E-state index >= 15 is 0 Å². The highest BCUT2D eigenvalue weighted by Gasteiger charge is 2.31. The van der Waals surface area contributed by atoms with Crippen LogP contribution in [0.3, 0.4) is 0 Å². The lowest BCUT2D eigenvalue weighted by Gasteiger charge is -2.28. The maximum Gasteiger partial charge on any atom is 0.298 e. The SMILES string of the molecule is CCB(CC)/C(CC)=C(\[Si](Cl)Cl)[Si](C)(C)C. The molecule has 0 rings (SSSR count). The molecule has 0 unspecified atom stereocenters. The monoisotopic (exact) mass is 293 g/mol. The lowest BCUT2D eigenvalue weighted by Crippen LogP contribution is -2.34. The van der Waals surface area contributed by atoms with Gasteiger partial charge in [0, 0.05) is 0 Å². The Bertz CT molecular complexity index is 243. The van der Waals surface area contributed by atoms with E-state index in [2.05, 4.69) is 40.4 Å². The zero-order valence-corrected chi connectivity index (χ0v) is 15.0. The molecular weight excluding hydrogens is 270 g/mol. The predicted molar refractivity (Wildman–Crippen MR) is 84.8 cm³/mol. The molecule has 93 valence electrons. The summed E-state index contributed by atoms with van der Waals surface area (Å²) in [7, 11) is -2.69. The van der Waals surface area contributed by atoms with Crippen molar-refractivity contribution in [2.75, 3.05) is 0 Å². The third-order valence-electron chi connectivity index (χ3n) is 3.12. The number of allylic oxidation sites excluding steroid dienone is 1. The van der Waals surface area contributed by atoms with Crippen LogP contribution >= 0.6 is 22.2 Å². The second-order valence-corrected chi connectivity index (χ2v) is 14.6. The minimum Gasteiger partial charge on any atom is -0.141 e. The molecule has 0 saturated heterocycles. The van der Waals surface area contributed by atoms with Gasteiger partial charge in [-0.05, 0) is 6.42 Å². The fourth-order valence-electron chi connectivity index (χ4n) is 2.34. The van der Waals surface area contributed by atoms with Crippen molar-refractivity contribution in [3.8, 4) is 0 Å². The van der Waals surface area contributed by atoms with Gasteiger partial charge in [-0.25, -0.2) is 0 Å². The van der Waals surface area contributed by atoms with Crippen LogP contribution in [0.4, 0.5) is 0 Å². The van der Waals surface area contributed by atoms with Gasteiger partial charge in [-0.15, -0.1) is 27.6 Å². The van der Waals surface area contributed by atoms with E-state index in [-0.39, 0.29) is 0 Å². The van der Waals surface area contributed by atoms with Crippen molar-refractivity contribution in [3.63, 3.8) is 0 Å².